The van der Waals surface area contributed by atoms with E-state index in [0.717, 1.165) is 18.4 Å². The largest absolute Gasteiger partial charge is 0.417 e. The fraction of sp³-hybridized carbons (Fsp3) is 0.417. The molecule has 0 spiro atoms. The number of aromatic amines is 1. The molecule has 0 radical (unpaired) electrons. The first-order chi connectivity index (χ1) is 7.72. The average molecular weight is 220 g/mol. The van der Waals surface area contributed by atoms with Gasteiger partial charge in [-0.3, -0.25) is 4.98 Å². The molecule has 2 aromatic rings. The van der Waals surface area contributed by atoms with E-state index in [1.165, 1.54) is 5.56 Å². The molecule has 1 aromatic carbocycles. The van der Waals surface area contributed by atoms with Gasteiger partial charge in [-0.2, -0.15) is 0 Å². The number of hydrogen-bond acceptors (Lipinski definition) is 3. The minimum absolute atomic E-state index is 0.405. The zero-order chi connectivity index (χ0) is 11.5. The van der Waals surface area contributed by atoms with Gasteiger partial charge >= 0.3 is 5.76 Å². The summed E-state index contributed by atoms with van der Waals surface area (Å²) in [4.78, 5) is 13.6. The van der Waals surface area contributed by atoms with Gasteiger partial charge in [-0.15, -0.1) is 0 Å². The molecule has 0 amide bonds. The molecule has 1 unspecified atom stereocenters. The van der Waals surface area contributed by atoms with E-state index < -0.39 is 5.76 Å². The Morgan fingerprint density at radius 2 is 2.31 bits per heavy atom. The van der Waals surface area contributed by atoms with Crippen LogP contribution in [0.4, 0.5) is 0 Å². The molecule has 0 aliphatic heterocycles. The van der Waals surface area contributed by atoms with Crippen molar-refractivity contribution >= 4 is 11.1 Å². The topological polar surface area (TPSA) is 72.0 Å². The van der Waals surface area contributed by atoms with Gasteiger partial charge in [-0.05, 0) is 36.6 Å². The maximum Gasteiger partial charge on any atom is 0.417 e. The molecule has 2 rings (SSSR count). The van der Waals surface area contributed by atoms with E-state index in [2.05, 4.69) is 11.9 Å². The molecule has 0 aliphatic carbocycles. The highest BCUT2D eigenvalue weighted by Crippen LogP contribution is 2.16. The Hall–Kier alpha value is -1.55. The van der Waals surface area contributed by atoms with Crippen LogP contribution in [0.3, 0.4) is 0 Å². The number of rotatable bonds is 4. The van der Waals surface area contributed by atoms with Crippen molar-refractivity contribution in [1.29, 1.82) is 0 Å². The summed E-state index contributed by atoms with van der Waals surface area (Å²) in [6.45, 7) is 2.83. The Balaban J connectivity index is 2.28. The molecule has 86 valence electrons. The van der Waals surface area contributed by atoms with E-state index in [1.54, 1.807) is 0 Å². The van der Waals surface area contributed by atoms with Crippen molar-refractivity contribution < 1.29 is 4.42 Å². The lowest BCUT2D eigenvalue weighted by molar-refractivity contribution is 0.519. The van der Waals surface area contributed by atoms with Crippen molar-refractivity contribution in [2.75, 3.05) is 6.54 Å². The minimum atomic E-state index is -0.405. The lowest BCUT2D eigenvalue weighted by Crippen LogP contribution is -2.15. The van der Waals surface area contributed by atoms with Crippen LogP contribution in [-0.2, 0) is 6.42 Å². The van der Waals surface area contributed by atoms with Crippen LogP contribution in [-0.4, -0.2) is 11.5 Å². The molecule has 1 aromatic heterocycles. The molecular weight excluding hydrogens is 204 g/mol. The zero-order valence-electron chi connectivity index (χ0n) is 9.32. The van der Waals surface area contributed by atoms with Crippen LogP contribution in [0, 0.1) is 5.92 Å². The van der Waals surface area contributed by atoms with Gasteiger partial charge in [-0.25, -0.2) is 4.79 Å². The minimum Gasteiger partial charge on any atom is -0.408 e. The number of fused-ring (bicyclic) bond motifs is 1. The monoisotopic (exact) mass is 220 g/mol. The molecule has 16 heavy (non-hydrogen) atoms. The summed E-state index contributed by atoms with van der Waals surface area (Å²) in [5.74, 6) is 0.0917. The van der Waals surface area contributed by atoms with Crippen LogP contribution in [0.5, 0.6) is 0 Å². The highest BCUT2D eigenvalue weighted by Gasteiger charge is 2.07. The second-order valence-corrected chi connectivity index (χ2v) is 4.06. The Morgan fingerprint density at radius 3 is 3.00 bits per heavy atom. The van der Waals surface area contributed by atoms with Gasteiger partial charge in [0.25, 0.3) is 0 Å². The number of nitrogens with two attached hydrogens (primary N) is 1. The first kappa shape index (κ1) is 11.0. The lowest BCUT2D eigenvalue weighted by atomic mass is 9.97. The van der Waals surface area contributed by atoms with Gasteiger partial charge in [-0.1, -0.05) is 19.4 Å². The van der Waals surface area contributed by atoms with Gasteiger partial charge in [0, 0.05) is 0 Å². The molecule has 0 saturated carbocycles. The molecule has 0 bridgehead atoms. The SMILES string of the molecule is CCC(CN)Cc1ccc2oc(=O)[nH]c2c1. The summed E-state index contributed by atoms with van der Waals surface area (Å²) >= 11 is 0. The fourth-order valence-electron chi connectivity index (χ4n) is 1.85. The van der Waals surface area contributed by atoms with Crippen LogP contribution in [0.2, 0.25) is 0 Å². The van der Waals surface area contributed by atoms with E-state index >= 15 is 0 Å². The molecular formula is C12H16N2O2. The summed E-state index contributed by atoms with van der Waals surface area (Å²) in [7, 11) is 0. The first-order valence-corrected chi connectivity index (χ1v) is 5.54. The van der Waals surface area contributed by atoms with Crippen molar-refractivity contribution in [3.8, 4) is 0 Å². The summed E-state index contributed by atoms with van der Waals surface area (Å²) in [6, 6.07) is 5.77. The van der Waals surface area contributed by atoms with Gasteiger partial charge in [0.2, 0.25) is 0 Å². The van der Waals surface area contributed by atoms with Crippen LogP contribution >= 0.6 is 0 Å². The molecule has 4 nitrogen and oxygen atoms in total. The fourth-order valence-corrected chi connectivity index (χ4v) is 1.85. The third kappa shape index (κ3) is 2.17. The second kappa shape index (κ2) is 4.53. The number of aromatic nitrogens is 1. The zero-order valence-corrected chi connectivity index (χ0v) is 9.32. The predicted molar refractivity (Wildman–Crippen MR) is 63.4 cm³/mol. The standard InChI is InChI=1S/C12H16N2O2/c1-2-8(7-13)5-9-3-4-11-10(6-9)14-12(15)16-11/h3-4,6,8H,2,5,7,13H2,1H3,(H,14,15). The Bertz CT molecular complexity index is 523. The van der Waals surface area contributed by atoms with Crippen molar-refractivity contribution in [3.63, 3.8) is 0 Å². The van der Waals surface area contributed by atoms with E-state index in [1.807, 2.05) is 18.2 Å². The van der Waals surface area contributed by atoms with Crippen LogP contribution < -0.4 is 11.5 Å². The third-order valence-electron chi connectivity index (χ3n) is 2.92. The molecule has 4 heteroatoms. The first-order valence-electron chi connectivity index (χ1n) is 5.54. The van der Waals surface area contributed by atoms with Crippen molar-refractivity contribution in [3.05, 3.63) is 34.3 Å². The second-order valence-electron chi connectivity index (χ2n) is 4.06. The number of benzene rings is 1. The van der Waals surface area contributed by atoms with E-state index in [-0.39, 0.29) is 0 Å². The summed E-state index contributed by atoms with van der Waals surface area (Å²) in [5.41, 5.74) is 8.22. The van der Waals surface area contributed by atoms with Gasteiger partial charge < -0.3 is 10.2 Å². The van der Waals surface area contributed by atoms with Crippen LogP contribution in [0.1, 0.15) is 18.9 Å². The average Bonchev–Trinajstić information content (AvgIpc) is 2.65. The summed E-state index contributed by atoms with van der Waals surface area (Å²) in [6.07, 6.45) is 2.01. The lowest BCUT2D eigenvalue weighted by Gasteiger charge is -2.11. The number of hydrogen-bond donors (Lipinski definition) is 2. The van der Waals surface area contributed by atoms with Gasteiger partial charge in [0.15, 0.2) is 5.58 Å². The quantitative estimate of drug-likeness (QED) is 0.822. The molecule has 0 fully saturated rings. The number of oxazole rings is 1. The number of nitrogens with one attached hydrogen (secondary N) is 1. The maximum absolute atomic E-state index is 11.0. The highest BCUT2D eigenvalue weighted by atomic mass is 16.4. The highest BCUT2D eigenvalue weighted by molar-refractivity contribution is 5.72. The summed E-state index contributed by atoms with van der Waals surface area (Å²) < 4.78 is 4.94. The molecule has 3 N–H and O–H groups in total. The van der Waals surface area contributed by atoms with Crippen LogP contribution in [0.25, 0.3) is 11.1 Å². The Kier molecular flexibility index (Phi) is 3.10. The van der Waals surface area contributed by atoms with Crippen molar-refractivity contribution in [2.24, 2.45) is 11.7 Å². The molecule has 0 saturated heterocycles. The van der Waals surface area contributed by atoms with E-state index in [9.17, 15) is 4.79 Å². The summed E-state index contributed by atoms with van der Waals surface area (Å²) in [5, 5.41) is 0. The van der Waals surface area contributed by atoms with Crippen LogP contribution in [0.15, 0.2) is 27.4 Å². The Morgan fingerprint density at radius 1 is 1.50 bits per heavy atom. The van der Waals surface area contributed by atoms with Crippen molar-refractivity contribution in [1.82, 2.24) is 4.98 Å². The van der Waals surface area contributed by atoms with E-state index in [0.29, 0.717) is 18.0 Å². The third-order valence-corrected chi connectivity index (χ3v) is 2.92. The van der Waals surface area contributed by atoms with E-state index in [4.69, 9.17) is 10.2 Å². The predicted octanol–water partition coefficient (Wildman–Crippen LogP) is 1.65. The molecule has 0 aliphatic rings. The maximum atomic E-state index is 11.0. The van der Waals surface area contributed by atoms with Gasteiger partial charge in [0.1, 0.15) is 0 Å². The van der Waals surface area contributed by atoms with Crippen molar-refractivity contribution in [2.45, 2.75) is 19.8 Å². The van der Waals surface area contributed by atoms with Gasteiger partial charge in [0.05, 0.1) is 5.52 Å². The smallest absolute Gasteiger partial charge is 0.408 e. The number of H-pyrrole nitrogens is 1. The normalized spacial score (nSPS) is 13.1. The molecule has 1 heterocycles. The molecule has 1 atom stereocenters. The Labute approximate surface area is 93.5 Å².